The summed E-state index contributed by atoms with van der Waals surface area (Å²) in [5, 5.41) is 0.251. The Morgan fingerprint density at radius 2 is 2.50 bits per heavy atom. The highest BCUT2D eigenvalue weighted by Gasteiger charge is 2.23. The van der Waals surface area contributed by atoms with Crippen LogP contribution < -0.4 is 0 Å². The minimum absolute atomic E-state index is 0.00000756. The Morgan fingerprint density at radius 3 is 3.33 bits per heavy atom. The van der Waals surface area contributed by atoms with Crippen LogP contribution in [0.2, 0.25) is 0 Å². The summed E-state index contributed by atoms with van der Waals surface area (Å²) < 4.78 is 60.4. The molecular formula is C15H19FN2. The highest BCUT2D eigenvalue weighted by atomic mass is 19.1. The van der Waals surface area contributed by atoms with Gasteiger partial charge in [0.05, 0.1) is 0 Å². The Labute approximate surface area is 115 Å². The van der Waals surface area contributed by atoms with E-state index >= 15 is 0 Å². The van der Waals surface area contributed by atoms with Crippen LogP contribution in [0.15, 0.2) is 18.2 Å². The highest BCUT2D eigenvalue weighted by molar-refractivity contribution is 5.85. The lowest BCUT2D eigenvalue weighted by Crippen LogP contribution is -2.27. The molecule has 1 fully saturated rings. The van der Waals surface area contributed by atoms with Crippen LogP contribution in [0.3, 0.4) is 0 Å². The largest absolute Gasteiger partial charge is 0.358 e. The first-order valence-electron chi connectivity index (χ1n) is 9.15. The number of aryl methyl sites for hydroxylation is 1. The molecule has 2 nitrogen and oxygen atoms in total. The lowest BCUT2D eigenvalue weighted by molar-refractivity contribution is 0.309. The van der Waals surface area contributed by atoms with Crippen molar-refractivity contribution in [2.45, 2.75) is 32.2 Å². The van der Waals surface area contributed by atoms with Crippen molar-refractivity contribution in [1.82, 2.24) is 9.88 Å². The lowest BCUT2D eigenvalue weighted by Gasteiger charge is -2.19. The van der Waals surface area contributed by atoms with Crippen LogP contribution in [-0.2, 0) is 6.42 Å². The van der Waals surface area contributed by atoms with Gasteiger partial charge >= 0.3 is 0 Å². The van der Waals surface area contributed by atoms with Crippen molar-refractivity contribution in [1.29, 1.82) is 0 Å². The molecule has 1 aromatic heterocycles. The molecule has 0 aliphatic carbocycles. The molecule has 2 aromatic rings. The average molecular weight is 252 g/mol. The van der Waals surface area contributed by atoms with Crippen LogP contribution in [0.5, 0.6) is 0 Å². The van der Waals surface area contributed by atoms with Gasteiger partial charge in [-0.05, 0) is 57.3 Å². The Hall–Kier alpha value is -1.35. The van der Waals surface area contributed by atoms with Crippen molar-refractivity contribution in [3.05, 3.63) is 35.3 Å². The van der Waals surface area contributed by atoms with Crippen molar-refractivity contribution < 1.29 is 12.6 Å². The smallest absolute Gasteiger partial charge is 0.132 e. The number of likely N-dealkylation sites (tertiary alicyclic amines) is 1. The standard InChI is InChI=1S/C15H19FN2/c1-10-12(9-11-5-4-8-18(11)2)15-13(16)6-3-7-14(15)17-10/h3,6-7,11,17H,4-5,8-9H2,1-2H3/t11-/m1/s1/i1D3,2D3. The Kier molecular flexibility index (Phi) is 1.64. The number of fused-ring (bicyclic) bond motifs is 1. The number of aromatic nitrogens is 1. The maximum absolute atomic E-state index is 14.3. The third-order valence-corrected chi connectivity index (χ3v) is 3.69. The third kappa shape index (κ3) is 1.83. The maximum atomic E-state index is 14.3. The first-order chi connectivity index (χ1) is 11.1. The zero-order valence-corrected chi connectivity index (χ0v) is 9.96. The van der Waals surface area contributed by atoms with E-state index in [0.717, 1.165) is 6.42 Å². The highest BCUT2D eigenvalue weighted by Crippen LogP contribution is 2.29. The van der Waals surface area contributed by atoms with Gasteiger partial charge in [0.1, 0.15) is 5.82 Å². The molecule has 0 unspecified atom stereocenters. The van der Waals surface area contributed by atoms with Gasteiger partial charge in [-0.1, -0.05) is 6.07 Å². The number of halogens is 1. The quantitative estimate of drug-likeness (QED) is 0.869. The van der Waals surface area contributed by atoms with E-state index in [1.807, 2.05) is 0 Å². The second kappa shape index (κ2) is 4.39. The SMILES string of the molecule is [2H]C([2H])([2H])c1[nH]c2cccc(F)c2c1C[C@H]1CCCN1C([2H])([2H])[2H]. The van der Waals surface area contributed by atoms with Crippen LogP contribution >= 0.6 is 0 Å². The summed E-state index contributed by atoms with van der Waals surface area (Å²) >= 11 is 0. The lowest BCUT2D eigenvalue weighted by atomic mass is 10.0. The summed E-state index contributed by atoms with van der Waals surface area (Å²) in [6.07, 6.45) is 1.59. The van der Waals surface area contributed by atoms with Gasteiger partial charge in [0.15, 0.2) is 0 Å². The van der Waals surface area contributed by atoms with Crippen LogP contribution in [0.1, 0.15) is 32.3 Å². The number of H-pyrrole nitrogens is 1. The molecule has 0 amide bonds. The number of aromatic amines is 1. The number of rotatable bonds is 2. The summed E-state index contributed by atoms with van der Waals surface area (Å²) in [5.41, 5.74) is 0.791. The van der Waals surface area contributed by atoms with Crippen LogP contribution in [0.4, 0.5) is 4.39 Å². The van der Waals surface area contributed by atoms with E-state index in [1.165, 1.54) is 17.0 Å². The van der Waals surface area contributed by atoms with Crippen LogP contribution in [0.25, 0.3) is 10.9 Å². The molecule has 1 aliphatic rings. The van der Waals surface area contributed by atoms with Crippen molar-refractivity contribution in [2.75, 3.05) is 13.5 Å². The molecule has 0 spiro atoms. The summed E-state index contributed by atoms with van der Waals surface area (Å²) in [6, 6.07) is 4.12. The van der Waals surface area contributed by atoms with E-state index in [-0.39, 0.29) is 23.5 Å². The normalized spacial score (nSPS) is 27.3. The summed E-state index contributed by atoms with van der Waals surface area (Å²) in [7, 11) is 0. The van der Waals surface area contributed by atoms with E-state index in [9.17, 15) is 4.39 Å². The number of likely N-dealkylation sites (N-methyl/N-ethyl adjacent to an activating group) is 1. The van der Waals surface area contributed by atoms with Crippen LogP contribution in [0, 0.1) is 12.7 Å². The molecule has 0 saturated carbocycles. The molecule has 1 aliphatic heterocycles. The molecule has 2 heterocycles. The molecule has 0 bridgehead atoms. The molecular weight excluding hydrogens is 227 g/mol. The second-order valence-electron chi connectivity index (χ2n) is 4.83. The number of benzene rings is 1. The minimum atomic E-state index is -2.41. The molecule has 1 N–H and O–H groups in total. The fourth-order valence-corrected chi connectivity index (χ4v) is 2.76. The number of nitrogens with zero attached hydrogens (tertiary/aromatic N) is 1. The zero-order valence-electron chi connectivity index (χ0n) is 16.0. The zero-order chi connectivity index (χ0) is 17.7. The van der Waals surface area contributed by atoms with Gasteiger partial charge in [0.25, 0.3) is 0 Å². The number of hydrogen-bond acceptors (Lipinski definition) is 1. The Balaban J connectivity index is 2.08. The predicted octanol–water partition coefficient (Wildman–Crippen LogP) is 3.25. The van der Waals surface area contributed by atoms with Gasteiger partial charge < -0.3 is 9.88 Å². The van der Waals surface area contributed by atoms with E-state index < -0.39 is 19.6 Å². The van der Waals surface area contributed by atoms with Gasteiger partial charge in [-0.2, -0.15) is 0 Å². The first kappa shape index (κ1) is 6.71. The Morgan fingerprint density at radius 1 is 1.56 bits per heavy atom. The van der Waals surface area contributed by atoms with Gasteiger partial charge in [-0.15, -0.1) is 0 Å². The van der Waals surface area contributed by atoms with Gasteiger partial charge in [-0.25, -0.2) is 4.39 Å². The molecule has 96 valence electrons. The van der Waals surface area contributed by atoms with Gasteiger partial charge in [-0.3, -0.25) is 0 Å². The van der Waals surface area contributed by atoms with Crippen molar-refractivity contribution in [2.24, 2.45) is 0 Å². The molecule has 0 radical (unpaired) electrons. The summed E-state index contributed by atoms with van der Waals surface area (Å²) in [5.74, 6) is -0.493. The molecule has 1 saturated heterocycles. The van der Waals surface area contributed by atoms with Gasteiger partial charge in [0, 0.05) is 30.9 Å². The minimum Gasteiger partial charge on any atom is -0.358 e. The number of hydrogen-bond donors (Lipinski definition) is 1. The molecule has 3 heteroatoms. The van der Waals surface area contributed by atoms with Crippen molar-refractivity contribution >= 4 is 10.9 Å². The monoisotopic (exact) mass is 252 g/mol. The second-order valence-corrected chi connectivity index (χ2v) is 4.83. The fourth-order valence-electron chi connectivity index (χ4n) is 2.76. The summed E-state index contributed by atoms with van der Waals surface area (Å²) in [6.45, 7) is -4.20. The summed E-state index contributed by atoms with van der Waals surface area (Å²) in [4.78, 5) is 4.22. The average Bonchev–Trinajstić information content (AvgIpc) is 3.03. The molecule has 18 heavy (non-hydrogen) atoms. The van der Waals surface area contributed by atoms with E-state index in [1.54, 1.807) is 6.07 Å². The first-order valence-corrected chi connectivity index (χ1v) is 6.15. The van der Waals surface area contributed by atoms with Crippen molar-refractivity contribution in [3.63, 3.8) is 0 Å². The molecule has 1 aromatic carbocycles. The van der Waals surface area contributed by atoms with E-state index in [2.05, 4.69) is 4.98 Å². The van der Waals surface area contributed by atoms with E-state index in [4.69, 9.17) is 8.22 Å². The Bertz CT molecular complexity index is 749. The molecule has 1 atom stereocenters. The number of nitrogens with one attached hydrogen (secondary N) is 1. The van der Waals surface area contributed by atoms with Gasteiger partial charge in [0.2, 0.25) is 0 Å². The van der Waals surface area contributed by atoms with Crippen molar-refractivity contribution in [3.8, 4) is 0 Å². The van der Waals surface area contributed by atoms with E-state index in [0.29, 0.717) is 24.0 Å². The fraction of sp³-hybridized carbons (Fsp3) is 0.467. The topological polar surface area (TPSA) is 19.0 Å². The predicted molar refractivity (Wildman–Crippen MR) is 72.3 cm³/mol. The maximum Gasteiger partial charge on any atom is 0.132 e. The van der Waals surface area contributed by atoms with Crippen LogP contribution in [-0.4, -0.2) is 29.4 Å². The molecule has 3 rings (SSSR count). The third-order valence-electron chi connectivity index (χ3n) is 3.69.